The van der Waals surface area contributed by atoms with Crippen molar-refractivity contribution in [1.29, 1.82) is 0 Å². The lowest BCUT2D eigenvalue weighted by Crippen LogP contribution is -2.38. The number of piperidine rings is 1. The number of aromatic nitrogens is 5. The third kappa shape index (κ3) is 7.36. The number of hydrogen-bond donors (Lipinski definition) is 4. The summed E-state index contributed by atoms with van der Waals surface area (Å²) in [6.07, 6.45) is 5.72. The molecular weight excluding hydrogens is 540 g/mol. The van der Waals surface area contributed by atoms with Crippen LogP contribution in [0.1, 0.15) is 18.5 Å². The number of hydrogen-bond acceptors (Lipinski definition) is 11. The number of nitrogen functional groups attached to an aromatic ring is 1. The zero-order valence-corrected chi connectivity index (χ0v) is 24.5. The minimum atomic E-state index is 0.264. The summed E-state index contributed by atoms with van der Waals surface area (Å²) in [7, 11) is 0. The monoisotopic (exact) mass is 578 g/mol. The Morgan fingerprint density at radius 3 is 2.60 bits per heavy atom. The van der Waals surface area contributed by atoms with Crippen LogP contribution in [0.5, 0.6) is 5.75 Å². The van der Waals surface area contributed by atoms with Gasteiger partial charge in [0.05, 0.1) is 17.6 Å². The van der Waals surface area contributed by atoms with E-state index in [2.05, 4.69) is 70.0 Å². The number of nitrogens with two attached hydrogens (primary N) is 1. The lowest BCUT2D eigenvalue weighted by atomic mass is 9.98. The van der Waals surface area contributed by atoms with Gasteiger partial charge in [-0.25, -0.2) is 15.0 Å². The number of aryl methyl sites for hydroxylation is 1. The van der Waals surface area contributed by atoms with Crippen LogP contribution in [0.3, 0.4) is 0 Å². The van der Waals surface area contributed by atoms with Gasteiger partial charge in [0.2, 0.25) is 5.95 Å². The highest BCUT2D eigenvalue weighted by molar-refractivity contribution is 5.91. The number of benzene rings is 2. The fourth-order valence-corrected chi connectivity index (χ4v) is 5.51. The number of pyridine rings is 1. The Bertz CT molecular complexity index is 1650. The highest BCUT2D eigenvalue weighted by Gasteiger charge is 2.20. The lowest BCUT2D eigenvalue weighted by Gasteiger charge is -2.32. The molecule has 1 saturated heterocycles. The van der Waals surface area contributed by atoms with Crippen LogP contribution in [0.15, 0.2) is 67.1 Å². The number of nitrogens with zero attached hydrogens (tertiary/aromatic N) is 6. The Morgan fingerprint density at radius 2 is 1.72 bits per heavy atom. The van der Waals surface area contributed by atoms with Crippen molar-refractivity contribution in [2.24, 2.45) is 5.92 Å². The molecule has 0 amide bonds. The van der Waals surface area contributed by atoms with E-state index in [4.69, 9.17) is 10.5 Å². The predicted molar refractivity (Wildman–Crippen MR) is 173 cm³/mol. The number of rotatable bonds is 12. The Morgan fingerprint density at radius 1 is 0.860 bits per heavy atom. The van der Waals surface area contributed by atoms with Gasteiger partial charge in [-0.05, 0) is 63.0 Å². The van der Waals surface area contributed by atoms with Gasteiger partial charge in [-0.15, -0.1) is 0 Å². The molecule has 0 unspecified atom stereocenters. The summed E-state index contributed by atoms with van der Waals surface area (Å²) in [5.41, 5.74) is 9.58. The molecule has 2 aromatic carbocycles. The maximum atomic E-state index is 6.23. The number of para-hydroxylation sites is 1. The van der Waals surface area contributed by atoms with Gasteiger partial charge in [0, 0.05) is 66.7 Å². The van der Waals surface area contributed by atoms with Gasteiger partial charge in [-0.3, -0.25) is 4.98 Å². The van der Waals surface area contributed by atoms with Crippen LogP contribution in [0.4, 0.5) is 23.3 Å². The fraction of sp³-hybridized carbons (Fsp3) is 0.344. The second kappa shape index (κ2) is 13.5. The van der Waals surface area contributed by atoms with Gasteiger partial charge < -0.3 is 31.3 Å². The molecule has 43 heavy (non-hydrogen) atoms. The van der Waals surface area contributed by atoms with Gasteiger partial charge >= 0.3 is 0 Å². The molecule has 3 aromatic heterocycles. The van der Waals surface area contributed by atoms with Crippen molar-refractivity contribution in [3.05, 3.63) is 72.8 Å². The number of fused-ring (bicyclic) bond motifs is 2. The molecule has 11 heteroatoms. The van der Waals surface area contributed by atoms with Crippen molar-refractivity contribution in [2.45, 2.75) is 19.8 Å². The average Bonchev–Trinajstić information content (AvgIpc) is 3.02. The third-order valence-corrected chi connectivity index (χ3v) is 7.79. The first-order chi connectivity index (χ1) is 21.1. The van der Waals surface area contributed by atoms with Crippen LogP contribution in [0.25, 0.3) is 21.8 Å². The summed E-state index contributed by atoms with van der Waals surface area (Å²) in [5.74, 6) is 3.15. The topological polar surface area (TPSA) is 139 Å². The Balaban J connectivity index is 0.933. The fourth-order valence-electron chi connectivity index (χ4n) is 5.51. The molecule has 1 fully saturated rings. The van der Waals surface area contributed by atoms with Gasteiger partial charge in [0.1, 0.15) is 23.7 Å². The summed E-state index contributed by atoms with van der Waals surface area (Å²) in [6, 6.07) is 18.2. The second-order valence-corrected chi connectivity index (χ2v) is 10.9. The van der Waals surface area contributed by atoms with Crippen molar-refractivity contribution in [3.63, 3.8) is 0 Å². The minimum absolute atomic E-state index is 0.264. The van der Waals surface area contributed by atoms with Crippen LogP contribution in [-0.4, -0.2) is 75.7 Å². The molecule has 6 rings (SSSR count). The van der Waals surface area contributed by atoms with Crippen LogP contribution in [0, 0.1) is 12.8 Å². The van der Waals surface area contributed by atoms with Crippen molar-refractivity contribution in [2.75, 3.05) is 67.6 Å². The van der Waals surface area contributed by atoms with E-state index in [1.807, 2.05) is 43.5 Å². The number of anilines is 4. The summed E-state index contributed by atoms with van der Waals surface area (Å²) in [5, 5.41) is 12.4. The zero-order valence-electron chi connectivity index (χ0n) is 24.5. The molecule has 0 aliphatic carbocycles. The highest BCUT2D eigenvalue weighted by Crippen LogP contribution is 2.26. The standard InChI is InChI=1S/C32H38N10O/c1-22-18-30(41-32(33)40-22)36-12-13-37-31-26-7-6-24(19-29(26)38-21-39-31)43-20-23-9-15-42(16-10-23)17-14-35-28-8-11-34-27-5-3-2-4-25(27)28/h2-8,11,18-19,21,23H,9-10,12-17,20H2,1H3,(H,34,35)(H,37,38,39)(H3,33,36,40,41). The molecule has 222 valence electrons. The Kier molecular flexibility index (Phi) is 8.88. The molecule has 0 atom stereocenters. The van der Waals surface area contributed by atoms with E-state index in [1.54, 1.807) is 6.33 Å². The third-order valence-electron chi connectivity index (χ3n) is 7.79. The van der Waals surface area contributed by atoms with Gasteiger partial charge in [0.25, 0.3) is 0 Å². The molecule has 11 nitrogen and oxygen atoms in total. The lowest BCUT2D eigenvalue weighted by molar-refractivity contribution is 0.145. The molecule has 0 spiro atoms. The van der Waals surface area contributed by atoms with Crippen molar-refractivity contribution in [3.8, 4) is 5.75 Å². The summed E-state index contributed by atoms with van der Waals surface area (Å²) < 4.78 is 6.23. The largest absolute Gasteiger partial charge is 0.493 e. The summed E-state index contributed by atoms with van der Waals surface area (Å²) in [4.78, 5) is 24.2. The first-order valence-electron chi connectivity index (χ1n) is 14.9. The average molecular weight is 579 g/mol. The summed E-state index contributed by atoms with van der Waals surface area (Å²) in [6.45, 7) is 8.03. The maximum Gasteiger partial charge on any atom is 0.222 e. The molecule has 0 bridgehead atoms. The van der Waals surface area contributed by atoms with Crippen LogP contribution < -0.4 is 26.4 Å². The van der Waals surface area contributed by atoms with E-state index in [9.17, 15) is 0 Å². The molecule has 1 aliphatic rings. The Labute approximate surface area is 251 Å². The molecule has 1 aliphatic heterocycles. The van der Waals surface area contributed by atoms with Crippen LogP contribution in [0.2, 0.25) is 0 Å². The van der Waals surface area contributed by atoms with Crippen molar-refractivity contribution in [1.82, 2.24) is 29.8 Å². The molecule has 0 radical (unpaired) electrons. The first-order valence-corrected chi connectivity index (χ1v) is 14.9. The number of ether oxygens (including phenoxy) is 1. The van der Waals surface area contributed by atoms with E-state index < -0.39 is 0 Å². The second-order valence-electron chi connectivity index (χ2n) is 10.9. The quantitative estimate of drug-likeness (QED) is 0.155. The smallest absolute Gasteiger partial charge is 0.222 e. The zero-order chi connectivity index (χ0) is 29.4. The molecule has 4 heterocycles. The predicted octanol–water partition coefficient (Wildman–Crippen LogP) is 4.59. The molecular formula is C32H38N10O. The van der Waals surface area contributed by atoms with Crippen LogP contribution >= 0.6 is 0 Å². The SMILES string of the molecule is Cc1cc(NCCNc2ncnc3cc(OCC4CCN(CCNc5ccnc6ccccc56)CC4)ccc23)nc(N)n1. The van der Waals surface area contributed by atoms with Gasteiger partial charge in [-0.2, -0.15) is 4.98 Å². The van der Waals surface area contributed by atoms with E-state index in [0.717, 1.165) is 85.0 Å². The van der Waals surface area contributed by atoms with E-state index in [1.165, 1.54) is 5.39 Å². The maximum absolute atomic E-state index is 6.23. The molecule has 5 aromatic rings. The van der Waals surface area contributed by atoms with E-state index >= 15 is 0 Å². The minimum Gasteiger partial charge on any atom is -0.493 e. The number of likely N-dealkylation sites (tertiary alicyclic amines) is 1. The highest BCUT2D eigenvalue weighted by atomic mass is 16.5. The molecule has 0 saturated carbocycles. The first kappa shape index (κ1) is 28.4. The van der Waals surface area contributed by atoms with E-state index in [0.29, 0.717) is 24.8 Å². The normalized spacial score (nSPS) is 14.2. The summed E-state index contributed by atoms with van der Waals surface area (Å²) >= 11 is 0. The van der Waals surface area contributed by atoms with Crippen molar-refractivity contribution < 1.29 is 4.74 Å². The van der Waals surface area contributed by atoms with Gasteiger partial charge in [-0.1, -0.05) is 18.2 Å². The van der Waals surface area contributed by atoms with Crippen LogP contribution in [-0.2, 0) is 0 Å². The number of nitrogens with one attached hydrogen (secondary N) is 3. The van der Waals surface area contributed by atoms with Crippen molar-refractivity contribution >= 4 is 45.1 Å². The van der Waals surface area contributed by atoms with Gasteiger partial charge in [0.15, 0.2) is 0 Å². The Hall–Kier alpha value is -4.77. The van der Waals surface area contributed by atoms with E-state index in [-0.39, 0.29) is 5.95 Å². The molecule has 5 N–H and O–H groups in total.